The molecule has 1 fully saturated rings. The van der Waals surface area contributed by atoms with Gasteiger partial charge in [0.25, 0.3) is 0 Å². The summed E-state index contributed by atoms with van der Waals surface area (Å²) in [6, 6.07) is 0.720. The van der Waals surface area contributed by atoms with Gasteiger partial charge in [0, 0.05) is 19.8 Å². The van der Waals surface area contributed by atoms with Crippen LogP contribution in [0.4, 0.5) is 0 Å². The van der Waals surface area contributed by atoms with E-state index >= 15 is 0 Å². The molecule has 1 saturated carbocycles. The molecule has 2 heteroatoms. The molecule has 0 spiro atoms. The maximum Gasteiger partial charge on any atom is 0.0462 e. The van der Waals surface area contributed by atoms with Gasteiger partial charge in [0.2, 0.25) is 0 Å². The van der Waals surface area contributed by atoms with Gasteiger partial charge < -0.3 is 10.1 Å². The Labute approximate surface area is 88.4 Å². The van der Waals surface area contributed by atoms with Gasteiger partial charge in [0.15, 0.2) is 0 Å². The van der Waals surface area contributed by atoms with Gasteiger partial charge in [-0.3, -0.25) is 0 Å². The lowest BCUT2D eigenvalue weighted by Crippen LogP contribution is -2.36. The van der Waals surface area contributed by atoms with Crippen LogP contribution in [0.2, 0.25) is 0 Å². The van der Waals surface area contributed by atoms with Crippen LogP contribution in [-0.4, -0.2) is 26.3 Å². The van der Waals surface area contributed by atoms with E-state index < -0.39 is 0 Å². The number of rotatable bonds is 8. The first kappa shape index (κ1) is 12.0. The Kier molecular flexibility index (Phi) is 4.90. The molecule has 1 rings (SSSR count). The van der Waals surface area contributed by atoms with E-state index in [4.69, 9.17) is 4.74 Å². The highest BCUT2D eigenvalue weighted by atomic mass is 16.5. The highest BCUT2D eigenvalue weighted by Gasteiger charge is 2.43. The minimum absolute atomic E-state index is 0.600. The molecule has 14 heavy (non-hydrogen) atoms. The van der Waals surface area contributed by atoms with E-state index in [1.54, 1.807) is 7.11 Å². The van der Waals surface area contributed by atoms with Gasteiger partial charge >= 0.3 is 0 Å². The van der Waals surface area contributed by atoms with Crippen LogP contribution < -0.4 is 5.32 Å². The molecule has 0 saturated heterocycles. The quantitative estimate of drug-likeness (QED) is 0.607. The molecule has 1 aliphatic carbocycles. The van der Waals surface area contributed by atoms with Crippen molar-refractivity contribution < 1.29 is 4.74 Å². The number of hydrogen-bond acceptors (Lipinski definition) is 2. The van der Waals surface area contributed by atoms with E-state index in [1.807, 2.05) is 0 Å². The SMILES string of the molecule is CCCNC(CCCOC)C1(C)CC1. The van der Waals surface area contributed by atoms with Gasteiger partial charge in [-0.2, -0.15) is 0 Å². The van der Waals surface area contributed by atoms with E-state index in [-0.39, 0.29) is 0 Å². The van der Waals surface area contributed by atoms with Crippen LogP contribution in [0.3, 0.4) is 0 Å². The Balaban J connectivity index is 2.22. The molecular weight excluding hydrogens is 174 g/mol. The summed E-state index contributed by atoms with van der Waals surface area (Å²) in [5, 5.41) is 3.68. The Bertz CT molecular complexity index is 154. The number of hydrogen-bond donors (Lipinski definition) is 1. The molecule has 1 N–H and O–H groups in total. The van der Waals surface area contributed by atoms with Crippen LogP contribution in [0.15, 0.2) is 0 Å². The molecule has 1 aliphatic rings. The third kappa shape index (κ3) is 3.58. The van der Waals surface area contributed by atoms with Crippen LogP contribution >= 0.6 is 0 Å². The minimum Gasteiger partial charge on any atom is -0.385 e. The van der Waals surface area contributed by atoms with Crippen LogP contribution in [0, 0.1) is 5.41 Å². The smallest absolute Gasteiger partial charge is 0.0462 e. The fourth-order valence-corrected chi connectivity index (χ4v) is 1.99. The van der Waals surface area contributed by atoms with Gasteiger partial charge in [-0.05, 0) is 44.1 Å². The summed E-state index contributed by atoms with van der Waals surface area (Å²) in [4.78, 5) is 0. The zero-order valence-electron chi connectivity index (χ0n) is 9.94. The lowest BCUT2D eigenvalue weighted by molar-refractivity contribution is 0.182. The van der Waals surface area contributed by atoms with E-state index in [1.165, 1.54) is 32.1 Å². The van der Waals surface area contributed by atoms with Gasteiger partial charge in [0.1, 0.15) is 0 Å². The fourth-order valence-electron chi connectivity index (χ4n) is 1.99. The molecule has 0 aromatic rings. The Morgan fingerprint density at radius 1 is 1.43 bits per heavy atom. The van der Waals surface area contributed by atoms with Crippen molar-refractivity contribution in [1.82, 2.24) is 5.32 Å². The molecule has 0 heterocycles. The van der Waals surface area contributed by atoms with Crippen molar-refractivity contribution in [3.8, 4) is 0 Å². The zero-order chi connectivity index (χ0) is 10.4. The third-order valence-electron chi connectivity index (χ3n) is 3.36. The first-order valence-electron chi connectivity index (χ1n) is 5.95. The van der Waals surface area contributed by atoms with E-state index in [9.17, 15) is 0 Å². The molecule has 0 radical (unpaired) electrons. The molecular formula is C12H25NO. The van der Waals surface area contributed by atoms with E-state index in [0.717, 1.165) is 19.2 Å². The van der Waals surface area contributed by atoms with Gasteiger partial charge in [-0.15, -0.1) is 0 Å². The van der Waals surface area contributed by atoms with Crippen LogP contribution in [0.25, 0.3) is 0 Å². The summed E-state index contributed by atoms with van der Waals surface area (Å²) in [6.07, 6.45) is 6.50. The third-order valence-corrected chi connectivity index (χ3v) is 3.36. The van der Waals surface area contributed by atoms with Crippen molar-refractivity contribution in [2.75, 3.05) is 20.3 Å². The highest BCUT2D eigenvalue weighted by Crippen LogP contribution is 2.49. The second-order valence-corrected chi connectivity index (χ2v) is 4.80. The Hall–Kier alpha value is -0.0800. The van der Waals surface area contributed by atoms with Crippen LogP contribution in [-0.2, 0) is 4.74 Å². The Morgan fingerprint density at radius 2 is 2.14 bits per heavy atom. The van der Waals surface area contributed by atoms with E-state index in [0.29, 0.717) is 5.41 Å². The predicted octanol–water partition coefficient (Wildman–Crippen LogP) is 2.58. The average Bonchev–Trinajstić information content (AvgIpc) is 2.91. The molecule has 1 atom stereocenters. The topological polar surface area (TPSA) is 21.3 Å². The highest BCUT2D eigenvalue weighted by molar-refractivity contribution is 4.98. The standard InChI is InChI=1S/C12H25NO/c1-4-9-13-11(6-5-10-14-3)12(2)7-8-12/h11,13H,4-10H2,1-3H3. The van der Waals surface area contributed by atoms with Gasteiger partial charge in [-0.25, -0.2) is 0 Å². The Morgan fingerprint density at radius 3 is 2.64 bits per heavy atom. The van der Waals surface area contributed by atoms with Crippen molar-refractivity contribution in [2.24, 2.45) is 5.41 Å². The molecule has 1 unspecified atom stereocenters. The molecule has 84 valence electrons. The number of methoxy groups -OCH3 is 1. The van der Waals surface area contributed by atoms with Crippen molar-refractivity contribution in [1.29, 1.82) is 0 Å². The molecule has 0 bridgehead atoms. The maximum absolute atomic E-state index is 5.10. The number of ether oxygens (including phenoxy) is 1. The fraction of sp³-hybridized carbons (Fsp3) is 1.00. The monoisotopic (exact) mass is 199 g/mol. The first-order valence-corrected chi connectivity index (χ1v) is 5.95. The molecule has 2 nitrogen and oxygen atoms in total. The second kappa shape index (κ2) is 5.72. The minimum atomic E-state index is 0.600. The maximum atomic E-state index is 5.10. The summed E-state index contributed by atoms with van der Waals surface area (Å²) in [7, 11) is 1.79. The predicted molar refractivity (Wildman–Crippen MR) is 60.5 cm³/mol. The summed E-state index contributed by atoms with van der Waals surface area (Å²) >= 11 is 0. The largest absolute Gasteiger partial charge is 0.385 e. The van der Waals surface area contributed by atoms with E-state index in [2.05, 4.69) is 19.2 Å². The second-order valence-electron chi connectivity index (χ2n) is 4.80. The summed E-state index contributed by atoms with van der Waals surface area (Å²) in [6.45, 7) is 6.70. The van der Waals surface area contributed by atoms with Crippen molar-refractivity contribution in [2.45, 2.75) is 52.0 Å². The zero-order valence-corrected chi connectivity index (χ0v) is 9.94. The first-order chi connectivity index (χ1) is 6.73. The van der Waals surface area contributed by atoms with Gasteiger partial charge in [-0.1, -0.05) is 13.8 Å². The number of nitrogens with one attached hydrogen (secondary N) is 1. The van der Waals surface area contributed by atoms with Crippen LogP contribution in [0.5, 0.6) is 0 Å². The van der Waals surface area contributed by atoms with Gasteiger partial charge in [0.05, 0.1) is 0 Å². The van der Waals surface area contributed by atoms with Crippen molar-refractivity contribution >= 4 is 0 Å². The normalized spacial score (nSPS) is 20.8. The summed E-state index contributed by atoms with van der Waals surface area (Å²) in [5.74, 6) is 0. The lowest BCUT2D eigenvalue weighted by atomic mass is 9.94. The van der Waals surface area contributed by atoms with Crippen molar-refractivity contribution in [3.05, 3.63) is 0 Å². The summed E-state index contributed by atoms with van der Waals surface area (Å²) < 4.78 is 5.10. The molecule has 0 amide bonds. The van der Waals surface area contributed by atoms with Crippen molar-refractivity contribution in [3.63, 3.8) is 0 Å². The lowest BCUT2D eigenvalue weighted by Gasteiger charge is -2.24. The van der Waals surface area contributed by atoms with Crippen LogP contribution in [0.1, 0.15) is 46.0 Å². The molecule has 0 aromatic carbocycles. The molecule has 0 aromatic heterocycles. The summed E-state index contributed by atoms with van der Waals surface area (Å²) in [5.41, 5.74) is 0.600. The molecule has 0 aliphatic heterocycles. The average molecular weight is 199 g/mol.